The summed E-state index contributed by atoms with van der Waals surface area (Å²) in [5.74, 6) is 1.78. The van der Waals surface area contributed by atoms with Crippen LogP contribution in [0.1, 0.15) is 30.0 Å². The van der Waals surface area contributed by atoms with E-state index < -0.39 is 0 Å². The average molecular weight is 262 g/mol. The molecule has 1 aliphatic heterocycles. The fourth-order valence-electron chi connectivity index (χ4n) is 2.99. The van der Waals surface area contributed by atoms with Gasteiger partial charge in [0, 0.05) is 6.04 Å². The summed E-state index contributed by atoms with van der Waals surface area (Å²) in [6, 6.07) is 7.06. The van der Waals surface area contributed by atoms with E-state index in [2.05, 4.69) is 49.4 Å². The third kappa shape index (κ3) is 3.48. The first-order chi connectivity index (χ1) is 9.11. The Morgan fingerprint density at radius 3 is 2.74 bits per heavy atom. The molecule has 0 amide bonds. The molecule has 2 rings (SSSR count). The second-order valence-electron chi connectivity index (χ2n) is 5.80. The van der Waals surface area contributed by atoms with E-state index in [0.29, 0.717) is 6.04 Å². The number of rotatable bonds is 5. The molecule has 1 N–H and O–H groups in total. The molecule has 0 bridgehead atoms. The molecule has 106 valence electrons. The van der Waals surface area contributed by atoms with Crippen molar-refractivity contribution in [2.75, 3.05) is 34.3 Å². The largest absolute Gasteiger partial charge is 0.496 e. The van der Waals surface area contributed by atoms with Gasteiger partial charge in [-0.3, -0.25) is 0 Å². The van der Waals surface area contributed by atoms with Crippen molar-refractivity contribution < 1.29 is 4.74 Å². The lowest BCUT2D eigenvalue weighted by atomic mass is 9.92. The molecule has 1 saturated heterocycles. The van der Waals surface area contributed by atoms with Gasteiger partial charge in [-0.25, -0.2) is 0 Å². The van der Waals surface area contributed by atoms with Crippen molar-refractivity contribution >= 4 is 0 Å². The first kappa shape index (κ1) is 14.4. The summed E-state index contributed by atoms with van der Waals surface area (Å²) >= 11 is 0. The van der Waals surface area contributed by atoms with Gasteiger partial charge in [-0.2, -0.15) is 0 Å². The van der Waals surface area contributed by atoms with Crippen LogP contribution in [0.25, 0.3) is 0 Å². The lowest BCUT2D eigenvalue weighted by Crippen LogP contribution is -2.23. The van der Waals surface area contributed by atoms with E-state index in [9.17, 15) is 0 Å². The summed E-state index contributed by atoms with van der Waals surface area (Å²) in [6.07, 6.45) is 2.53. The quantitative estimate of drug-likeness (QED) is 0.883. The van der Waals surface area contributed by atoms with Gasteiger partial charge in [0.1, 0.15) is 5.75 Å². The second kappa shape index (κ2) is 6.40. The van der Waals surface area contributed by atoms with Crippen LogP contribution in [0.15, 0.2) is 18.2 Å². The van der Waals surface area contributed by atoms with Gasteiger partial charge in [0.05, 0.1) is 7.11 Å². The molecule has 0 aromatic heterocycles. The Bertz CT molecular complexity index is 411. The summed E-state index contributed by atoms with van der Waals surface area (Å²) in [5.41, 5.74) is 2.62. The predicted molar refractivity (Wildman–Crippen MR) is 79.8 cm³/mol. The smallest absolute Gasteiger partial charge is 0.121 e. The van der Waals surface area contributed by atoms with Crippen molar-refractivity contribution in [1.29, 1.82) is 0 Å². The van der Waals surface area contributed by atoms with E-state index in [1.54, 1.807) is 7.11 Å². The molecule has 0 aliphatic carbocycles. The van der Waals surface area contributed by atoms with Gasteiger partial charge in [0.25, 0.3) is 0 Å². The molecule has 2 unspecified atom stereocenters. The summed E-state index contributed by atoms with van der Waals surface area (Å²) in [6.45, 7) is 4.46. The van der Waals surface area contributed by atoms with Gasteiger partial charge < -0.3 is 15.0 Å². The van der Waals surface area contributed by atoms with Gasteiger partial charge in [0.2, 0.25) is 0 Å². The van der Waals surface area contributed by atoms with Gasteiger partial charge in [-0.1, -0.05) is 12.1 Å². The lowest BCUT2D eigenvalue weighted by Gasteiger charge is -2.27. The van der Waals surface area contributed by atoms with Crippen molar-refractivity contribution in [3.8, 4) is 5.75 Å². The van der Waals surface area contributed by atoms with Crippen LogP contribution < -0.4 is 10.1 Å². The molecule has 0 saturated carbocycles. The number of nitrogens with zero attached hydrogens (tertiary/aromatic N) is 1. The number of hydrogen-bond donors (Lipinski definition) is 1. The second-order valence-corrected chi connectivity index (χ2v) is 5.80. The van der Waals surface area contributed by atoms with E-state index in [1.807, 2.05) is 0 Å². The number of aryl methyl sites for hydroxylation is 1. The highest BCUT2D eigenvalue weighted by Gasteiger charge is 2.22. The van der Waals surface area contributed by atoms with Crippen LogP contribution in [0.3, 0.4) is 0 Å². The molecule has 1 aromatic carbocycles. The maximum atomic E-state index is 5.35. The summed E-state index contributed by atoms with van der Waals surface area (Å²) in [7, 11) is 6.08. The SMILES string of the molecule is COc1ccc(C(CC2CCNC2)N(C)C)cc1C. The molecule has 0 spiro atoms. The molecule has 1 aromatic rings. The van der Waals surface area contributed by atoms with Crippen molar-refractivity contribution in [1.82, 2.24) is 10.2 Å². The molecule has 2 atom stereocenters. The Balaban J connectivity index is 2.15. The zero-order valence-electron chi connectivity index (χ0n) is 12.6. The topological polar surface area (TPSA) is 24.5 Å². The van der Waals surface area contributed by atoms with Crippen LogP contribution in [0.4, 0.5) is 0 Å². The molecular weight excluding hydrogens is 236 g/mol. The van der Waals surface area contributed by atoms with Crippen molar-refractivity contribution in [3.05, 3.63) is 29.3 Å². The van der Waals surface area contributed by atoms with Crippen LogP contribution in [-0.2, 0) is 0 Å². The molecule has 0 radical (unpaired) electrons. The van der Waals surface area contributed by atoms with Gasteiger partial charge in [0.15, 0.2) is 0 Å². The zero-order chi connectivity index (χ0) is 13.8. The zero-order valence-corrected chi connectivity index (χ0v) is 12.6. The molecule has 3 nitrogen and oxygen atoms in total. The average Bonchev–Trinajstić information content (AvgIpc) is 2.88. The third-order valence-electron chi connectivity index (χ3n) is 4.15. The number of ether oxygens (including phenoxy) is 1. The first-order valence-corrected chi connectivity index (χ1v) is 7.13. The van der Waals surface area contributed by atoms with Gasteiger partial charge in [-0.05, 0) is 70.1 Å². The number of nitrogens with one attached hydrogen (secondary N) is 1. The van der Waals surface area contributed by atoms with E-state index in [4.69, 9.17) is 4.74 Å². The van der Waals surface area contributed by atoms with Crippen LogP contribution in [-0.4, -0.2) is 39.2 Å². The molecule has 1 aliphatic rings. The highest BCUT2D eigenvalue weighted by atomic mass is 16.5. The highest BCUT2D eigenvalue weighted by molar-refractivity contribution is 5.37. The fraction of sp³-hybridized carbons (Fsp3) is 0.625. The molecular formula is C16H26N2O. The van der Waals surface area contributed by atoms with E-state index in [-0.39, 0.29) is 0 Å². The minimum absolute atomic E-state index is 0.495. The van der Waals surface area contributed by atoms with Crippen LogP contribution in [0.2, 0.25) is 0 Å². The monoisotopic (exact) mass is 262 g/mol. The Hall–Kier alpha value is -1.06. The summed E-state index contributed by atoms with van der Waals surface area (Å²) < 4.78 is 5.35. The van der Waals surface area contributed by atoms with Gasteiger partial charge in [-0.15, -0.1) is 0 Å². The van der Waals surface area contributed by atoms with Crippen molar-refractivity contribution in [2.45, 2.75) is 25.8 Å². The van der Waals surface area contributed by atoms with Crippen LogP contribution >= 0.6 is 0 Å². The molecule has 3 heteroatoms. The summed E-state index contributed by atoms with van der Waals surface area (Å²) in [4.78, 5) is 2.33. The fourth-order valence-corrected chi connectivity index (χ4v) is 2.99. The summed E-state index contributed by atoms with van der Waals surface area (Å²) in [5, 5.41) is 3.46. The van der Waals surface area contributed by atoms with E-state index in [1.165, 1.54) is 37.1 Å². The lowest BCUT2D eigenvalue weighted by molar-refractivity contribution is 0.253. The van der Waals surface area contributed by atoms with Crippen molar-refractivity contribution in [2.24, 2.45) is 5.92 Å². The minimum Gasteiger partial charge on any atom is -0.496 e. The van der Waals surface area contributed by atoms with Crippen LogP contribution in [0.5, 0.6) is 5.75 Å². The molecule has 19 heavy (non-hydrogen) atoms. The Kier molecular flexibility index (Phi) is 4.83. The third-order valence-corrected chi connectivity index (χ3v) is 4.15. The molecule has 1 heterocycles. The molecule has 1 fully saturated rings. The normalized spacial score (nSPS) is 20.8. The van der Waals surface area contributed by atoms with E-state index in [0.717, 1.165) is 11.7 Å². The number of benzene rings is 1. The van der Waals surface area contributed by atoms with E-state index >= 15 is 0 Å². The Morgan fingerprint density at radius 1 is 1.42 bits per heavy atom. The van der Waals surface area contributed by atoms with Crippen molar-refractivity contribution in [3.63, 3.8) is 0 Å². The number of hydrogen-bond acceptors (Lipinski definition) is 3. The maximum absolute atomic E-state index is 5.35. The number of methoxy groups -OCH3 is 1. The maximum Gasteiger partial charge on any atom is 0.121 e. The van der Waals surface area contributed by atoms with Gasteiger partial charge >= 0.3 is 0 Å². The minimum atomic E-state index is 0.495. The Labute approximate surface area is 116 Å². The Morgan fingerprint density at radius 2 is 2.21 bits per heavy atom. The van der Waals surface area contributed by atoms with Crippen LogP contribution in [0, 0.1) is 12.8 Å². The standard InChI is InChI=1S/C16H26N2O/c1-12-9-14(5-6-16(12)19-4)15(18(2)3)10-13-7-8-17-11-13/h5-6,9,13,15,17H,7-8,10-11H2,1-4H3. The predicted octanol–water partition coefficient (Wildman–Crippen LogP) is 2.61. The highest BCUT2D eigenvalue weighted by Crippen LogP contribution is 2.31. The first-order valence-electron chi connectivity index (χ1n) is 7.13.